The van der Waals surface area contributed by atoms with E-state index in [9.17, 15) is 9.90 Å². The third kappa shape index (κ3) is 3.30. The van der Waals surface area contributed by atoms with Crippen LogP contribution in [0.2, 0.25) is 0 Å². The van der Waals surface area contributed by atoms with Crippen LogP contribution in [0.5, 0.6) is 0 Å². The summed E-state index contributed by atoms with van der Waals surface area (Å²) in [6.45, 7) is 0.339. The molecule has 2 heterocycles. The van der Waals surface area contributed by atoms with Crippen LogP contribution < -0.4 is 10.6 Å². The number of nitrogens with zero attached hydrogens (tertiary/aromatic N) is 2. The van der Waals surface area contributed by atoms with Gasteiger partial charge in [0.15, 0.2) is 0 Å². The van der Waals surface area contributed by atoms with E-state index in [1.54, 1.807) is 29.3 Å². The standard InChI is InChI=1S/C15H20N4O3/c1-19-9-11(7-17-19)14(10-5-12(20)6-10)18-15(21)16-8-13-3-2-4-22-13/h2-4,7,9-10,12,14,20H,5-6,8H2,1H3,(H2,16,18,21)/t10?,12?,14-/m0/s1. The van der Waals surface area contributed by atoms with Crippen LogP contribution in [0.1, 0.15) is 30.2 Å². The van der Waals surface area contributed by atoms with Gasteiger partial charge in [-0.15, -0.1) is 0 Å². The smallest absolute Gasteiger partial charge is 0.315 e. The molecule has 0 unspecified atom stereocenters. The average molecular weight is 304 g/mol. The number of rotatable bonds is 5. The first-order chi connectivity index (χ1) is 10.6. The molecule has 2 aromatic rings. The molecule has 3 N–H and O–H groups in total. The molecule has 0 radical (unpaired) electrons. The van der Waals surface area contributed by atoms with Crippen molar-refractivity contribution >= 4 is 6.03 Å². The molecule has 7 heteroatoms. The van der Waals surface area contributed by atoms with Crippen LogP contribution in [-0.4, -0.2) is 27.0 Å². The van der Waals surface area contributed by atoms with Crippen molar-refractivity contribution < 1.29 is 14.3 Å². The first-order valence-electron chi connectivity index (χ1n) is 7.35. The second-order valence-electron chi connectivity index (χ2n) is 5.72. The van der Waals surface area contributed by atoms with E-state index in [0.717, 1.165) is 5.56 Å². The van der Waals surface area contributed by atoms with Crippen LogP contribution in [0.15, 0.2) is 35.2 Å². The van der Waals surface area contributed by atoms with Crippen LogP contribution in [0.3, 0.4) is 0 Å². The third-order valence-electron chi connectivity index (χ3n) is 3.99. The molecule has 2 aromatic heterocycles. The fourth-order valence-corrected chi connectivity index (χ4v) is 2.75. The number of urea groups is 1. The SMILES string of the molecule is Cn1cc([C@@H](NC(=O)NCc2ccco2)C2CC(O)C2)cn1. The van der Waals surface area contributed by atoms with Gasteiger partial charge in [0.05, 0.1) is 31.2 Å². The zero-order valence-electron chi connectivity index (χ0n) is 12.4. The van der Waals surface area contributed by atoms with Crippen LogP contribution in [0.25, 0.3) is 0 Å². The van der Waals surface area contributed by atoms with E-state index in [4.69, 9.17) is 4.42 Å². The second-order valence-corrected chi connectivity index (χ2v) is 5.72. The molecular formula is C15H20N4O3. The molecule has 118 valence electrons. The predicted molar refractivity (Wildman–Crippen MR) is 78.8 cm³/mol. The van der Waals surface area contributed by atoms with Gasteiger partial charge < -0.3 is 20.2 Å². The Kier molecular flexibility index (Phi) is 4.15. The number of carbonyl (C=O) groups is 1. The summed E-state index contributed by atoms with van der Waals surface area (Å²) in [5.74, 6) is 0.931. The molecule has 0 aliphatic heterocycles. The van der Waals surface area contributed by atoms with E-state index < -0.39 is 0 Å². The minimum Gasteiger partial charge on any atom is -0.467 e. The zero-order valence-corrected chi connectivity index (χ0v) is 12.4. The van der Waals surface area contributed by atoms with Gasteiger partial charge >= 0.3 is 6.03 Å². The van der Waals surface area contributed by atoms with Crippen molar-refractivity contribution in [1.82, 2.24) is 20.4 Å². The number of nitrogens with one attached hydrogen (secondary N) is 2. The molecule has 22 heavy (non-hydrogen) atoms. The maximum absolute atomic E-state index is 12.1. The zero-order chi connectivity index (χ0) is 15.5. The number of carbonyl (C=O) groups excluding carboxylic acids is 1. The van der Waals surface area contributed by atoms with Crippen molar-refractivity contribution in [3.8, 4) is 0 Å². The minimum absolute atomic E-state index is 0.145. The maximum atomic E-state index is 12.1. The largest absolute Gasteiger partial charge is 0.467 e. The summed E-state index contributed by atoms with van der Waals surface area (Å²) in [4.78, 5) is 12.1. The molecular weight excluding hydrogens is 284 g/mol. The third-order valence-corrected chi connectivity index (χ3v) is 3.99. The first-order valence-corrected chi connectivity index (χ1v) is 7.35. The highest BCUT2D eigenvalue weighted by atomic mass is 16.3. The summed E-state index contributed by atoms with van der Waals surface area (Å²) in [6, 6.07) is 3.19. The fraction of sp³-hybridized carbons (Fsp3) is 0.467. The number of aliphatic hydroxyl groups is 1. The monoisotopic (exact) mass is 304 g/mol. The van der Waals surface area contributed by atoms with Gasteiger partial charge in [-0.25, -0.2) is 4.79 Å². The Morgan fingerprint density at radius 1 is 1.59 bits per heavy atom. The number of amides is 2. The van der Waals surface area contributed by atoms with Crippen molar-refractivity contribution in [2.45, 2.75) is 31.5 Å². The van der Waals surface area contributed by atoms with Gasteiger partial charge in [0.1, 0.15) is 5.76 Å². The lowest BCUT2D eigenvalue weighted by Gasteiger charge is -2.37. The highest BCUT2D eigenvalue weighted by Gasteiger charge is 2.36. The number of aromatic nitrogens is 2. The molecule has 1 saturated carbocycles. The van der Waals surface area contributed by atoms with Crippen LogP contribution >= 0.6 is 0 Å². The molecule has 0 spiro atoms. The van der Waals surface area contributed by atoms with E-state index in [1.807, 2.05) is 13.2 Å². The number of hydrogen-bond donors (Lipinski definition) is 3. The van der Waals surface area contributed by atoms with Crippen molar-refractivity contribution in [2.24, 2.45) is 13.0 Å². The van der Waals surface area contributed by atoms with Crippen LogP contribution in [-0.2, 0) is 13.6 Å². The number of hydrogen-bond acceptors (Lipinski definition) is 4. The summed E-state index contributed by atoms with van der Waals surface area (Å²) >= 11 is 0. The Bertz CT molecular complexity index is 617. The average Bonchev–Trinajstić information content (AvgIpc) is 3.11. The van der Waals surface area contributed by atoms with Gasteiger partial charge in [-0.05, 0) is 30.9 Å². The predicted octanol–water partition coefficient (Wildman–Crippen LogP) is 1.32. The summed E-state index contributed by atoms with van der Waals surface area (Å²) in [6.07, 6.45) is 6.33. The fourth-order valence-electron chi connectivity index (χ4n) is 2.75. The summed E-state index contributed by atoms with van der Waals surface area (Å²) < 4.78 is 6.89. The van der Waals surface area contributed by atoms with Gasteiger partial charge in [0.2, 0.25) is 0 Å². The van der Waals surface area contributed by atoms with Gasteiger partial charge in [-0.3, -0.25) is 4.68 Å². The van der Waals surface area contributed by atoms with Crippen molar-refractivity contribution in [3.63, 3.8) is 0 Å². The molecule has 0 bridgehead atoms. The van der Waals surface area contributed by atoms with E-state index >= 15 is 0 Å². The van der Waals surface area contributed by atoms with E-state index in [1.165, 1.54) is 0 Å². The lowest BCUT2D eigenvalue weighted by atomic mass is 9.75. The lowest BCUT2D eigenvalue weighted by molar-refractivity contribution is 0.0259. The van der Waals surface area contributed by atoms with Crippen molar-refractivity contribution in [3.05, 3.63) is 42.1 Å². The molecule has 7 nitrogen and oxygen atoms in total. The highest BCUT2D eigenvalue weighted by Crippen LogP contribution is 2.37. The van der Waals surface area contributed by atoms with Gasteiger partial charge in [-0.1, -0.05) is 0 Å². The minimum atomic E-state index is -0.267. The Labute approximate surface area is 128 Å². The van der Waals surface area contributed by atoms with Crippen LogP contribution in [0, 0.1) is 5.92 Å². The first kappa shape index (κ1) is 14.6. The molecule has 0 aromatic carbocycles. The van der Waals surface area contributed by atoms with Crippen molar-refractivity contribution in [1.29, 1.82) is 0 Å². The van der Waals surface area contributed by atoms with E-state index in [0.29, 0.717) is 25.1 Å². The van der Waals surface area contributed by atoms with Crippen LogP contribution in [0.4, 0.5) is 4.79 Å². The molecule has 3 rings (SSSR count). The lowest BCUT2D eigenvalue weighted by Crippen LogP contribution is -2.44. The van der Waals surface area contributed by atoms with E-state index in [-0.39, 0.29) is 24.1 Å². The highest BCUT2D eigenvalue weighted by molar-refractivity contribution is 5.74. The number of furan rings is 1. The van der Waals surface area contributed by atoms with Gasteiger partial charge in [-0.2, -0.15) is 5.10 Å². The normalized spacial score (nSPS) is 21.9. The number of aryl methyl sites for hydroxylation is 1. The van der Waals surface area contributed by atoms with Gasteiger partial charge in [0, 0.05) is 18.8 Å². The molecule has 1 aliphatic carbocycles. The molecule has 1 aliphatic rings. The Balaban J connectivity index is 1.61. The molecule has 1 fully saturated rings. The Morgan fingerprint density at radius 2 is 2.41 bits per heavy atom. The van der Waals surface area contributed by atoms with Gasteiger partial charge in [0.25, 0.3) is 0 Å². The molecule has 0 saturated heterocycles. The summed E-state index contributed by atoms with van der Waals surface area (Å²) in [5.41, 5.74) is 0.951. The Morgan fingerprint density at radius 3 is 3.00 bits per heavy atom. The second kappa shape index (κ2) is 6.23. The summed E-state index contributed by atoms with van der Waals surface area (Å²) in [7, 11) is 1.84. The van der Waals surface area contributed by atoms with E-state index in [2.05, 4.69) is 15.7 Å². The maximum Gasteiger partial charge on any atom is 0.315 e. The van der Waals surface area contributed by atoms with Crippen molar-refractivity contribution in [2.75, 3.05) is 0 Å². The summed E-state index contributed by atoms with van der Waals surface area (Å²) in [5, 5.41) is 19.4. The topological polar surface area (TPSA) is 92.3 Å². The molecule has 1 atom stereocenters. The number of aliphatic hydroxyl groups excluding tert-OH is 1. The quantitative estimate of drug-likeness (QED) is 0.777. The molecule has 2 amide bonds. The Hall–Kier alpha value is -2.28.